The van der Waals surface area contributed by atoms with Crippen LogP contribution in [-0.4, -0.2) is 4.57 Å². The number of rotatable bonds is 3. The molecule has 2 nitrogen and oxygen atoms in total. The Morgan fingerprint density at radius 3 is 1.63 bits per heavy atom. The van der Waals surface area contributed by atoms with Crippen molar-refractivity contribution in [1.29, 1.82) is 0 Å². The molecule has 274 valence electrons. The molecule has 59 heavy (non-hydrogen) atoms. The second kappa shape index (κ2) is 12.6. The first-order valence-corrected chi connectivity index (χ1v) is 21.1. The Hall–Kier alpha value is -7.33. The van der Waals surface area contributed by atoms with Crippen LogP contribution in [0.4, 0.5) is 17.1 Å². The molecule has 0 atom stereocenters. The zero-order valence-electron chi connectivity index (χ0n) is 31.9. The number of fused-ring (bicyclic) bond motifs is 13. The summed E-state index contributed by atoms with van der Waals surface area (Å²) < 4.78 is 2.45. The van der Waals surface area contributed by atoms with E-state index in [0.717, 1.165) is 0 Å². The third-order valence-corrected chi connectivity index (χ3v) is 13.6. The van der Waals surface area contributed by atoms with Crippen molar-refractivity contribution in [2.75, 3.05) is 4.90 Å². The maximum atomic E-state index is 2.48. The number of aromatic nitrogens is 1. The Bertz CT molecular complexity index is 3690. The summed E-state index contributed by atoms with van der Waals surface area (Å²) in [6.07, 6.45) is 0. The molecule has 12 aromatic rings. The van der Waals surface area contributed by atoms with E-state index in [1.54, 1.807) is 0 Å². The van der Waals surface area contributed by atoms with Gasteiger partial charge in [-0.05, 0) is 120 Å². The molecule has 0 spiro atoms. The Kier molecular flexibility index (Phi) is 6.98. The standard InChI is InChI=1S/C56H34N2S/c1-2-14-37-32-56-54(31-36(37)13-1)58(50-23-11-15-35-12-3-4-16-41(35)50)53-29-25-39(33-55(53)59-56)38-24-28-52-49(30-38)47-21-9-10-22-51(47)57(52)40-26-27-46-44-19-6-5-17-42(44)43-18-7-8-20-45(43)48(46)34-40/h1-34H. The summed E-state index contributed by atoms with van der Waals surface area (Å²) in [5.74, 6) is 0. The van der Waals surface area contributed by atoms with Crippen LogP contribution in [0, 0.1) is 0 Å². The molecule has 0 saturated heterocycles. The lowest BCUT2D eigenvalue weighted by Crippen LogP contribution is -2.15. The van der Waals surface area contributed by atoms with Crippen LogP contribution in [0.3, 0.4) is 0 Å². The van der Waals surface area contributed by atoms with Gasteiger partial charge >= 0.3 is 0 Å². The topological polar surface area (TPSA) is 8.17 Å². The highest BCUT2D eigenvalue weighted by Crippen LogP contribution is 2.54. The lowest BCUT2D eigenvalue weighted by molar-refractivity contribution is 1.18. The highest BCUT2D eigenvalue weighted by atomic mass is 32.2. The van der Waals surface area contributed by atoms with Crippen molar-refractivity contribution in [3.05, 3.63) is 206 Å². The van der Waals surface area contributed by atoms with Gasteiger partial charge in [-0.1, -0.05) is 157 Å². The SMILES string of the molecule is c1ccc2cc3c(cc2c1)Sc1cc(-c2ccc4c(c2)c2ccccc2n4-c2ccc4c5ccccc5c5ccccc5c4c2)ccc1N3c1cccc2ccccc12. The summed E-state index contributed by atoms with van der Waals surface area (Å²) in [7, 11) is 0. The van der Waals surface area contributed by atoms with E-state index in [2.05, 4.69) is 216 Å². The summed E-state index contributed by atoms with van der Waals surface area (Å²) >= 11 is 1.87. The van der Waals surface area contributed by atoms with Crippen LogP contribution < -0.4 is 4.90 Å². The fourth-order valence-electron chi connectivity index (χ4n) is 9.80. The van der Waals surface area contributed by atoms with Crippen LogP contribution in [0.25, 0.3) is 92.5 Å². The van der Waals surface area contributed by atoms with Crippen molar-refractivity contribution in [1.82, 2.24) is 4.57 Å². The van der Waals surface area contributed by atoms with E-state index < -0.39 is 0 Å². The number of para-hydroxylation sites is 1. The van der Waals surface area contributed by atoms with Gasteiger partial charge in [0.2, 0.25) is 0 Å². The van der Waals surface area contributed by atoms with Gasteiger partial charge in [-0.15, -0.1) is 0 Å². The van der Waals surface area contributed by atoms with E-state index in [1.165, 1.54) is 119 Å². The molecule has 0 aliphatic carbocycles. The molecule has 1 aliphatic heterocycles. The predicted octanol–water partition coefficient (Wildman–Crippen LogP) is 16.2. The third kappa shape index (κ3) is 4.89. The minimum absolute atomic E-state index is 1.17. The summed E-state index contributed by atoms with van der Waals surface area (Å²) in [5, 5.41) is 15.2. The smallest absolute Gasteiger partial charge is 0.0608 e. The van der Waals surface area contributed by atoms with E-state index >= 15 is 0 Å². The largest absolute Gasteiger partial charge is 0.309 e. The number of anilines is 3. The Balaban J connectivity index is 0.979. The molecule has 3 heteroatoms. The molecule has 0 amide bonds. The first kappa shape index (κ1) is 32.7. The molecule has 0 radical (unpaired) electrons. The van der Waals surface area contributed by atoms with Crippen LogP contribution in [0.15, 0.2) is 216 Å². The Labute approximate surface area is 345 Å². The van der Waals surface area contributed by atoms with Crippen molar-refractivity contribution in [3.8, 4) is 16.8 Å². The highest BCUT2D eigenvalue weighted by molar-refractivity contribution is 7.99. The number of benzene rings is 11. The van der Waals surface area contributed by atoms with Gasteiger partial charge in [0, 0.05) is 31.6 Å². The van der Waals surface area contributed by atoms with Crippen LogP contribution >= 0.6 is 11.8 Å². The molecule has 1 aromatic heterocycles. The van der Waals surface area contributed by atoms with Crippen molar-refractivity contribution < 1.29 is 0 Å². The average molecular weight is 767 g/mol. The molecule has 0 saturated carbocycles. The number of nitrogens with zero attached hydrogens (tertiary/aromatic N) is 2. The van der Waals surface area contributed by atoms with Gasteiger partial charge in [0.25, 0.3) is 0 Å². The second-order valence-electron chi connectivity index (χ2n) is 15.7. The molecular weight excluding hydrogens is 733 g/mol. The van der Waals surface area contributed by atoms with Crippen molar-refractivity contribution in [2.45, 2.75) is 9.79 Å². The molecule has 13 rings (SSSR count). The van der Waals surface area contributed by atoms with Gasteiger partial charge in [-0.3, -0.25) is 0 Å². The van der Waals surface area contributed by atoms with E-state index in [4.69, 9.17) is 0 Å². The lowest BCUT2D eigenvalue weighted by atomic mass is 9.94. The van der Waals surface area contributed by atoms with E-state index in [-0.39, 0.29) is 0 Å². The fourth-order valence-corrected chi connectivity index (χ4v) is 10.9. The second-order valence-corrected chi connectivity index (χ2v) is 16.8. The molecule has 11 aromatic carbocycles. The van der Waals surface area contributed by atoms with E-state index in [9.17, 15) is 0 Å². The Morgan fingerprint density at radius 1 is 0.288 bits per heavy atom. The average Bonchev–Trinajstić information content (AvgIpc) is 3.63. The normalized spacial score (nSPS) is 12.6. The first-order valence-electron chi connectivity index (χ1n) is 20.2. The van der Waals surface area contributed by atoms with Crippen molar-refractivity contribution in [3.63, 3.8) is 0 Å². The zero-order valence-corrected chi connectivity index (χ0v) is 32.7. The first-order chi connectivity index (χ1) is 29.2. The lowest BCUT2D eigenvalue weighted by Gasteiger charge is -2.34. The minimum Gasteiger partial charge on any atom is -0.309 e. The zero-order chi connectivity index (χ0) is 38.6. The van der Waals surface area contributed by atoms with Gasteiger partial charge in [-0.25, -0.2) is 0 Å². The van der Waals surface area contributed by atoms with Gasteiger partial charge in [0.1, 0.15) is 0 Å². The summed E-state index contributed by atoms with van der Waals surface area (Å²) in [5.41, 5.74) is 9.61. The molecular formula is C56H34N2S. The Morgan fingerprint density at radius 2 is 0.847 bits per heavy atom. The molecule has 0 fully saturated rings. The highest BCUT2D eigenvalue weighted by Gasteiger charge is 2.27. The molecule has 2 heterocycles. The summed E-state index contributed by atoms with van der Waals surface area (Å²) in [4.78, 5) is 4.99. The van der Waals surface area contributed by atoms with Crippen molar-refractivity contribution >= 4 is 104 Å². The van der Waals surface area contributed by atoms with Crippen LogP contribution in [0.5, 0.6) is 0 Å². The van der Waals surface area contributed by atoms with Crippen LogP contribution in [0.2, 0.25) is 0 Å². The quantitative estimate of drug-likeness (QED) is 0.166. The van der Waals surface area contributed by atoms with E-state index in [1.807, 2.05) is 11.8 Å². The third-order valence-electron chi connectivity index (χ3n) is 12.5. The molecule has 0 bridgehead atoms. The fraction of sp³-hybridized carbons (Fsp3) is 0. The number of hydrogen-bond donors (Lipinski definition) is 0. The molecule has 1 aliphatic rings. The van der Waals surface area contributed by atoms with Crippen LogP contribution in [0.1, 0.15) is 0 Å². The maximum absolute atomic E-state index is 2.48. The van der Waals surface area contributed by atoms with Gasteiger partial charge in [0.15, 0.2) is 0 Å². The van der Waals surface area contributed by atoms with Crippen molar-refractivity contribution in [2.24, 2.45) is 0 Å². The van der Waals surface area contributed by atoms with Gasteiger partial charge < -0.3 is 9.47 Å². The minimum atomic E-state index is 1.17. The summed E-state index contributed by atoms with van der Waals surface area (Å²) in [6, 6.07) is 76.4. The molecule has 0 unspecified atom stereocenters. The van der Waals surface area contributed by atoms with E-state index in [0.29, 0.717) is 0 Å². The maximum Gasteiger partial charge on any atom is 0.0608 e. The van der Waals surface area contributed by atoms with Gasteiger partial charge in [0.05, 0.1) is 28.1 Å². The number of hydrogen-bond acceptors (Lipinski definition) is 2. The summed E-state index contributed by atoms with van der Waals surface area (Å²) in [6.45, 7) is 0. The predicted molar refractivity (Wildman–Crippen MR) is 253 cm³/mol. The molecule has 0 N–H and O–H groups in total. The monoisotopic (exact) mass is 766 g/mol. The van der Waals surface area contributed by atoms with Crippen LogP contribution in [-0.2, 0) is 0 Å². The van der Waals surface area contributed by atoms with Gasteiger partial charge in [-0.2, -0.15) is 0 Å².